The first kappa shape index (κ1) is 32.8. The molecule has 0 N–H and O–H groups in total. The smallest absolute Gasteiger partial charge is 0.187 e. The Morgan fingerprint density at radius 1 is 0.339 bits per heavy atom. The van der Waals surface area contributed by atoms with E-state index in [9.17, 15) is 0 Å². The van der Waals surface area contributed by atoms with Crippen LogP contribution in [0.4, 0.5) is 5.69 Å². The van der Waals surface area contributed by atoms with Crippen molar-refractivity contribution in [1.82, 2.24) is 19.9 Å². The van der Waals surface area contributed by atoms with Crippen LogP contribution in [0, 0.1) is 6.57 Å². The fraction of sp³-hybridized carbons (Fsp3) is 0. The number of rotatable bonds is 6. The summed E-state index contributed by atoms with van der Waals surface area (Å²) in [5, 5.41) is 5.66. The lowest BCUT2D eigenvalue weighted by atomic mass is 9.89. The molecule has 5 heteroatoms. The molecule has 0 atom stereocenters. The van der Waals surface area contributed by atoms with Crippen LogP contribution in [0.3, 0.4) is 0 Å². The van der Waals surface area contributed by atoms with Crippen molar-refractivity contribution in [3.05, 3.63) is 200 Å². The van der Waals surface area contributed by atoms with Crippen molar-refractivity contribution in [2.24, 2.45) is 0 Å². The summed E-state index contributed by atoms with van der Waals surface area (Å²) in [6, 6.07) is 62.4. The second kappa shape index (κ2) is 13.9. The summed E-state index contributed by atoms with van der Waals surface area (Å²) in [6.07, 6.45) is 1.86. The first-order valence-electron chi connectivity index (χ1n) is 18.5. The van der Waals surface area contributed by atoms with E-state index in [2.05, 4.69) is 120 Å². The van der Waals surface area contributed by atoms with Gasteiger partial charge in [0.1, 0.15) is 0 Å². The van der Waals surface area contributed by atoms with Crippen LogP contribution in [0.15, 0.2) is 188 Å². The lowest BCUT2D eigenvalue weighted by molar-refractivity contribution is 1.07. The van der Waals surface area contributed by atoms with E-state index in [1.54, 1.807) is 0 Å². The largest absolute Gasteiger partial charge is 0.256 e. The number of benzene rings is 8. The maximum absolute atomic E-state index is 7.43. The standard InChI is InChI=1S/C51H31N5/c1-52-40-27-25-35(26-28-40)44-31-47-43-20-11-29-53-48(43)45(32-46(47)42-19-9-8-18-41(42)44)38-16-10-17-39(30-38)51-55-49(36-14-6-3-7-15-36)54-50(56-51)37-23-21-34(22-24-37)33-12-4-2-5-13-33/h2-32H. The average Bonchev–Trinajstić information content (AvgIpc) is 3.29. The van der Waals surface area contributed by atoms with Crippen molar-refractivity contribution in [1.29, 1.82) is 0 Å². The normalized spacial score (nSPS) is 11.2. The Bertz CT molecular complexity index is 3110. The molecule has 0 spiro atoms. The average molecular weight is 714 g/mol. The topological polar surface area (TPSA) is 55.9 Å². The molecule has 2 aromatic heterocycles. The Morgan fingerprint density at radius 3 is 1.55 bits per heavy atom. The fourth-order valence-corrected chi connectivity index (χ4v) is 7.62. The Kier molecular flexibility index (Phi) is 8.13. The van der Waals surface area contributed by atoms with Crippen LogP contribution in [0.2, 0.25) is 0 Å². The quantitative estimate of drug-likeness (QED) is 0.127. The van der Waals surface area contributed by atoms with Gasteiger partial charge in [0.05, 0.1) is 12.1 Å². The van der Waals surface area contributed by atoms with E-state index in [4.69, 9.17) is 26.5 Å². The van der Waals surface area contributed by atoms with Gasteiger partial charge in [0, 0.05) is 33.8 Å². The van der Waals surface area contributed by atoms with Crippen molar-refractivity contribution in [3.63, 3.8) is 0 Å². The summed E-state index contributed by atoms with van der Waals surface area (Å²) < 4.78 is 0. The number of aromatic nitrogens is 4. The summed E-state index contributed by atoms with van der Waals surface area (Å²) in [6.45, 7) is 7.43. The molecule has 56 heavy (non-hydrogen) atoms. The minimum absolute atomic E-state index is 0.597. The molecular weight excluding hydrogens is 683 g/mol. The van der Waals surface area contributed by atoms with Gasteiger partial charge in [-0.15, -0.1) is 0 Å². The SMILES string of the molecule is [C-]#[N+]c1ccc(-c2cc3c4cccnc4c(-c4cccc(-c5nc(-c6ccccc6)nc(-c6ccc(-c7ccccc7)cc6)n5)c4)cc3c3ccccc23)cc1. The molecule has 10 rings (SSSR count). The third-order valence-electron chi connectivity index (χ3n) is 10.4. The lowest BCUT2D eigenvalue weighted by Gasteiger charge is -2.16. The Hall–Kier alpha value is -7.81. The summed E-state index contributed by atoms with van der Waals surface area (Å²) >= 11 is 0. The maximum atomic E-state index is 7.43. The van der Waals surface area contributed by atoms with Crippen molar-refractivity contribution >= 4 is 38.1 Å². The first-order chi connectivity index (χ1) is 27.7. The van der Waals surface area contributed by atoms with Crippen LogP contribution >= 0.6 is 0 Å². The molecule has 0 fully saturated rings. The van der Waals surface area contributed by atoms with Crippen LogP contribution in [0.5, 0.6) is 0 Å². The van der Waals surface area contributed by atoms with Gasteiger partial charge in [0.15, 0.2) is 23.2 Å². The second-order valence-electron chi connectivity index (χ2n) is 13.7. The number of hydrogen-bond acceptors (Lipinski definition) is 4. The van der Waals surface area contributed by atoms with Gasteiger partial charge in [-0.3, -0.25) is 4.98 Å². The van der Waals surface area contributed by atoms with Gasteiger partial charge in [0.2, 0.25) is 0 Å². The predicted octanol–water partition coefficient (Wildman–Crippen LogP) is 13.3. The molecule has 0 radical (unpaired) electrons. The summed E-state index contributed by atoms with van der Waals surface area (Å²) in [5.74, 6) is 1.83. The minimum atomic E-state index is 0.597. The van der Waals surface area contributed by atoms with Gasteiger partial charge in [0.25, 0.3) is 0 Å². The van der Waals surface area contributed by atoms with Crippen LogP contribution < -0.4 is 0 Å². The monoisotopic (exact) mass is 713 g/mol. The Balaban J connectivity index is 1.13. The van der Waals surface area contributed by atoms with Gasteiger partial charge < -0.3 is 0 Å². The lowest BCUT2D eigenvalue weighted by Crippen LogP contribution is -2.00. The van der Waals surface area contributed by atoms with Crippen molar-refractivity contribution in [3.8, 4) is 67.5 Å². The molecule has 0 aliphatic rings. The number of hydrogen-bond donors (Lipinski definition) is 0. The van der Waals surface area contributed by atoms with E-state index in [1.165, 1.54) is 0 Å². The van der Waals surface area contributed by atoms with Gasteiger partial charge in [-0.05, 0) is 73.6 Å². The zero-order chi connectivity index (χ0) is 37.4. The highest BCUT2D eigenvalue weighted by Crippen LogP contribution is 2.42. The van der Waals surface area contributed by atoms with E-state index in [-0.39, 0.29) is 0 Å². The van der Waals surface area contributed by atoms with E-state index in [0.717, 1.165) is 82.5 Å². The molecule has 0 aliphatic heterocycles. The molecule has 0 aliphatic carbocycles. The summed E-state index contributed by atoms with van der Waals surface area (Å²) in [4.78, 5) is 23.7. The van der Waals surface area contributed by atoms with Crippen LogP contribution in [0.1, 0.15) is 0 Å². The summed E-state index contributed by atoms with van der Waals surface area (Å²) in [7, 11) is 0. The Labute approximate surface area is 324 Å². The highest BCUT2D eigenvalue weighted by atomic mass is 15.0. The number of pyridine rings is 1. The predicted molar refractivity (Wildman–Crippen MR) is 229 cm³/mol. The number of nitrogens with zero attached hydrogens (tertiary/aromatic N) is 5. The minimum Gasteiger partial charge on any atom is -0.256 e. The highest BCUT2D eigenvalue weighted by Gasteiger charge is 2.17. The molecule has 8 aromatic carbocycles. The Morgan fingerprint density at radius 2 is 0.839 bits per heavy atom. The molecular formula is C51H31N5. The van der Waals surface area contributed by atoms with Crippen molar-refractivity contribution in [2.75, 3.05) is 0 Å². The van der Waals surface area contributed by atoms with Gasteiger partial charge in [-0.25, -0.2) is 19.8 Å². The molecule has 10 aromatic rings. The third kappa shape index (κ3) is 5.92. The number of fused-ring (bicyclic) bond motifs is 5. The van der Waals surface area contributed by atoms with Gasteiger partial charge in [-0.2, -0.15) is 0 Å². The van der Waals surface area contributed by atoms with E-state index in [0.29, 0.717) is 23.2 Å². The van der Waals surface area contributed by atoms with E-state index in [1.807, 2.05) is 72.9 Å². The zero-order valence-corrected chi connectivity index (χ0v) is 30.1. The van der Waals surface area contributed by atoms with Crippen molar-refractivity contribution in [2.45, 2.75) is 0 Å². The van der Waals surface area contributed by atoms with Crippen molar-refractivity contribution < 1.29 is 0 Å². The molecule has 0 amide bonds. The molecule has 0 saturated heterocycles. The van der Waals surface area contributed by atoms with E-state index < -0.39 is 0 Å². The van der Waals surface area contributed by atoms with Crippen LogP contribution in [-0.2, 0) is 0 Å². The summed E-state index contributed by atoms with van der Waals surface area (Å²) in [5.41, 5.74) is 10.8. The zero-order valence-electron chi connectivity index (χ0n) is 30.1. The molecule has 0 saturated carbocycles. The fourth-order valence-electron chi connectivity index (χ4n) is 7.62. The second-order valence-corrected chi connectivity index (χ2v) is 13.7. The molecule has 260 valence electrons. The van der Waals surface area contributed by atoms with Gasteiger partial charge in [-0.1, -0.05) is 158 Å². The molecule has 2 heterocycles. The molecule has 0 unspecified atom stereocenters. The molecule has 5 nitrogen and oxygen atoms in total. The van der Waals surface area contributed by atoms with Gasteiger partial charge >= 0.3 is 0 Å². The maximum Gasteiger partial charge on any atom is 0.187 e. The van der Waals surface area contributed by atoms with E-state index >= 15 is 0 Å². The highest BCUT2D eigenvalue weighted by molar-refractivity contribution is 6.23. The molecule has 0 bridgehead atoms. The third-order valence-corrected chi connectivity index (χ3v) is 10.4. The van der Waals surface area contributed by atoms with Crippen LogP contribution in [-0.4, -0.2) is 19.9 Å². The first-order valence-corrected chi connectivity index (χ1v) is 18.5. The van der Waals surface area contributed by atoms with Crippen LogP contribution in [0.25, 0.3) is 105 Å².